The average molecular weight is 287 g/mol. The van der Waals surface area contributed by atoms with Crippen molar-refractivity contribution in [3.8, 4) is 0 Å². The molecule has 7 heteroatoms. The third kappa shape index (κ3) is 4.42. The monoisotopic (exact) mass is 286 g/mol. The molecule has 1 unspecified atom stereocenters. The molecule has 1 aromatic rings. The predicted octanol–water partition coefficient (Wildman–Crippen LogP) is 1.88. The third-order valence-corrected chi connectivity index (χ3v) is 2.67. The molecule has 6 nitrogen and oxygen atoms in total. The fourth-order valence-electron chi connectivity index (χ4n) is 1.44. The number of nitrogens with zero attached hydrogens (tertiary/aromatic N) is 1. The van der Waals surface area contributed by atoms with E-state index in [1.165, 1.54) is 30.1 Å². The van der Waals surface area contributed by atoms with Crippen LogP contribution in [-0.2, 0) is 0 Å². The maximum absolute atomic E-state index is 11.8. The number of amides is 2. The van der Waals surface area contributed by atoms with Crippen LogP contribution in [0.5, 0.6) is 0 Å². The zero-order valence-corrected chi connectivity index (χ0v) is 11.3. The molecule has 0 fully saturated rings. The number of likely N-dealkylation sites (N-methyl/N-ethyl adjacent to an activating group) is 1. The van der Waals surface area contributed by atoms with E-state index in [-0.39, 0.29) is 22.8 Å². The number of nitrogens with one attached hydrogen (secondary N) is 1. The quantitative estimate of drug-likeness (QED) is 0.788. The zero-order valence-electron chi connectivity index (χ0n) is 10.6. The standard InChI is InChI=1S/C12H15ClN2O4/c1-7(16)6-15(2)12(19)14-10-5-8(11(17)18)3-4-9(10)13/h3-5,7,16H,6H2,1-2H3,(H,14,19)(H,17,18). The Morgan fingerprint density at radius 3 is 2.63 bits per heavy atom. The van der Waals surface area contributed by atoms with Gasteiger partial charge in [0.15, 0.2) is 0 Å². The third-order valence-electron chi connectivity index (χ3n) is 2.34. The van der Waals surface area contributed by atoms with E-state index in [0.29, 0.717) is 0 Å². The summed E-state index contributed by atoms with van der Waals surface area (Å²) in [5.74, 6) is -1.11. The van der Waals surface area contributed by atoms with Crippen LogP contribution in [0.4, 0.5) is 10.5 Å². The van der Waals surface area contributed by atoms with Gasteiger partial charge in [-0.25, -0.2) is 9.59 Å². The summed E-state index contributed by atoms with van der Waals surface area (Å²) >= 11 is 5.88. The number of halogens is 1. The minimum atomic E-state index is -1.11. The summed E-state index contributed by atoms with van der Waals surface area (Å²) in [6.45, 7) is 1.71. The highest BCUT2D eigenvalue weighted by Crippen LogP contribution is 2.23. The van der Waals surface area contributed by atoms with Crippen molar-refractivity contribution in [1.82, 2.24) is 4.90 Å². The van der Waals surface area contributed by atoms with Gasteiger partial charge < -0.3 is 20.4 Å². The summed E-state index contributed by atoms with van der Waals surface area (Å²) in [5.41, 5.74) is 0.238. The Morgan fingerprint density at radius 1 is 1.47 bits per heavy atom. The maximum atomic E-state index is 11.8. The molecule has 2 amide bonds. The van der Waals surface area contributed by atoms with Crippen LogP contribution in [-0.4, -0.2) is 46.8 Å². The first-order valence-corrected chi connectivity index (χ1v) is 5.92. The smallest absolute Gasteiger partial charge is 0.335 e. The lowest BCUT2D eigenvalue weighted by Crippen LogP contribution is -2.36. The summed E-state index contributed by atoms with van der Waals surface area (Å²) in [5, 5.41) is 20.8. The number of hydrogen-bond acceptors (Lipinski definition) is 3. The molecule has 19 heavy (non-hydrogen) atoms. The van der Waals surface area contributed by atoms with E-state index in [9.17, 15) is 14.7 Å². The van der Waals surface area contributed by atoms with Gasteiger partial charge >= 0.3 is 12.0 Å². The van der Waals surface area contributed by atoms with E-state index >= 15 is 0 Å². The highest BCUT2D eigenvalue weighted by Gasteiger charge is 2.14. The number of urea groups is 1. The number of carbonyl (C=O) groups excluding carboxylic acids is 1. The van der Waals surface area contributed by atoms with Crippen LogP contribution in [0.1, 0.15) is 17.3 Å². The molecule has 0 aliphatic carbocycles. The summed E-state index contributed by atoms with van der Waals surface area (Å²) in [7, 11) is 1.51. The molecule has 0 aromatic heterocycles. The van der Waals surface area contributed by atoms with E-state index in [4.69, 9.17) is 16.7 Å². The van der Waals surface area contributed by atoms with Crippen molar-refractivity contribution in [3.63, 3.8) is 0 Å². The van der Waals surface area contributed by atoms with Gasteiger partial charge in [-0.3, -0.25) is 0 Å². The van der Waals surface area contributed by atoms with Gasteiger partial charge in [-0.15, -0.1) is 0 Å². The summed E-state index contributed by atoms with van der Waals surface area (Å²) in [4.78, 5) is 23.9. The van der Waals surface area contributed by atoms with Gasteiger partial charge in [0.25, 0.3) is 0 Å². The number of rotatable bonds is 4. The number of anilines is 1. The van der Waals surface area contributed by atoms with Crippen LogP contribution in [0, 0.1) is 0 Å². The molecule has 3 N–H and O–H groups in total. The second-order valence-electron chi connectivity index (χ2n) is 4.16. The van der Waals surface area contributed by atoms with Crippen LogP contribution in [0.25, 0.3) is 0 Å². The van der Waals surface area contributed by atoms with Gasteiger partial charge in [-0.1, -0.05) is 11.6 Å². The lowest BCUT2D eigenvalue weighted by Gasteiger charge is -2.19. The first kappa shape index (κ1) is 15.3. The van der Waals surface area contributed by atoms with Crippen LogP contribution in [0.15, 0.2) is 18.2 Å². The van der Waals surface area contributed by atoms with Crippen molar-refractivity contribution < 1.29 is 19.8 Å². The Balaban J connectivity index is 2.84. The molecule has 1 rings (SSSR count). The van der Waals surface area contributed by atoms with E-state index in [1.807, 2.05) is 0 Å². The molecule has 0 saturated carbocycles. The minimum Gasteiger partial charge on any atom is -0.478 e. The maximum Gasteiger partial charge on any atom is 0.335 e. The molecule has 1 aromatic carbocycles. The van der Waals surface area contributed by atoms with Crippen molar-refractivity contribution >= 4 is 29.3 Å². The zero-order chi connectivity index (χ0) is 14.6. The van der Waals surface area contributed by atoms with Gasteiger partial charge in [0.2, 0.25) is 0 Å². The topological polar surface area (TPSA) is 89.9 Å². The molecule has 0 aliphatic rings. The van der Waals surface area contributed by atoms with Crippen LogP contribution < -0.4 is 5.32 Å². The van der Waals surface area contributed by atoms with Crippen molar-refractivity contribution in [3.05, 3.63) is 28.8 Å². The molecule has 0 bridgehead atoms. The number of benzene rings is 1. The molecule has 0 radical (unpaired) electrons. The fraction of sp³-hybridized carbons (Fsp3) is 0.333. The largest absolute Gasteiger partial charge is 0.478 e. The Bertz CT molecular complexity index is 491. The van der Waals surface area contributed by atoms with Crippen molar-refractivity contribution in [2.24, 2.45) is 0 Å². The van der Waals surface area contributed by atoms with Gasteiger partial charge in [0.1, 0.15) is 0 Å². The Hall–Kier alpha value is -1.79. The van der Waals surface area contributed by atoms with Gasteiger partial charge in [-0.05, 0) is 25.1 Å². The highest BCUT2D eigenvalue weighted by atomic mass is 35.5. The van der Waals surface area contributed by atoms with Gasteiger partial charge in [0, 0.05) is 13.6 Å². The molecule has 1 atom stereocenters. The average Bonchev–Trinajstić information content (AvgIpc) is 2.30. The number of carbonyl (C=O) groups is 2. The number of aliphatic hydroxyl groups is 1. The van der Waals surface area contributed by atoms with E-state index in [2.05, 4.69) is 5.32 Å². The number of carboxylic acids is 1. The lowest BCUT2D eigenvalue weighted by molar-refractivity contribution is 0.0697. The Labute approximate surface area is 115 Å². The molecule has 0 saturated heterocycles. The van der Waals surface area contributed by atoms with Crippen LogP contribution >= 0.6 is 11.6 Å². The summed E-state index contributed by atoms with van der Waals surface area (Å²) in [6.07, 6.45) is -0.656. The van der Waals surface area contributed by atoms with E-state index in [0.717, 1.165) is 0 Å². The van der Waals surface area contributed by atoms with Crippen LogP contribution in [0.2, 0.25) is 5.02 Å². The minimum absolute atomic E-state index is 0.0258. The summed E-state index contributed by atoms with van der Waals surface area (Å²) < 4.78 is 0. The van der Waals surface area contributed by atoms with Crippen molar-refractivity contribution in [2.75, 3.05) is 18.9 Å². The number of hydrogen-bond donors (Lipinski definition) is 3. The molecular weight excluding hydrogens is 272 g/mol. The first-order chi connectivity index (χ1) is 8.81. The number of carboxylic acid groups (broad SMARTS) is 1. The number of aromatic carboxylic acids is 1. The fourth-order valence-corrected chi connectivity index (χ4v) is 1.61. The predicted molar refractivity (Wildman–Crippen MR) is 71.7 cm³/mol. The Morgan fingerprint density at radius 2 is 2.11 bits per heavy atom. The molecule has 104 valence electrons. The molecule has 0 spiro atoms. The normalized spacial score (nSPS) is 11.8. The van der Waals surface area contributed by atoms with Crippen molar-refractivity contribution in [2.45, 2.75) is 13.0 Å². The van der Waals surface area contributed by atoms with Gasteiger partial charge in [-0.2, -0.15) is 0 Å². The summed E-state index contributed by atoms with van der Waals surface area (Å²) in [6, 6.07) is 3.54. The van der Waals surface area contributed by atoms with E-state index in [1.54, 1.807) is 6.92 Å². The van der Waals surface area contributed by atoms with Crippen LogP contribution in [0.3, 0.4) is 0 Å². The lowest BCUT2D eigenvalue weighted by atomic mass is 10.2. The second kappa shape index (κ2) is 6.40. The first-order valence-electron chi connectivity index (χ1n) is 5.54. The molecular formula is C12H15ClN2O4. The van der Waals surface area contributed by atoms with E-state index < -0.39 is 18.1 Å². The van der Waals surface area contributed by atoms with Crippen molar-refractivity contribution in [1.29, 1.82) is 0 Å². The molecule has 0 heterocycles. The highest BCUT2D eigenvalue weighted by molar-refractivity contribution is 6.33. The van der Waals surface area contributed by atoms with Gasteiger partial charge in [0.05, 0.1) is 22.4 Å². The number of aliphatic hydroxyl groups excluding tert-OH is 1. The second-order valence-corrected chi connectivity index (χ2v) is 4.57. The Kier molecular flexibility index (Phi) is 5.14. The molecule has 0 aliphatic heterocycles. The SMILES string of the molecule is CC(O)CN(C)C(=O)Nc1cc(C(=O)O)ccc1Cl.